The summed E-state index contributed by atoms with van der Waals surface area (Å²) in [6, 6.07) is 1.81. The molecule has 0 radical (unpaired) electrons. The Labute approximate surface area is 116 Å². The van der Waals surface area contributed by atoms with Gasteiger partial charge in [-0.15, -0.1) is 0 Å². The highest BCUT2D eigenvalue weighted by atomic mass is 19.4. The van der Waals surface area contributed by atoms with Crippen molar-refractivity contribution >= 4 is 5.97 Å². The van der Waals surface area contributed by atoms with E-state index in [1.54, 1.807) is 23.1 Å². The topological polar surface area (TPSA) is 124 Å². The first-order valence-corrected chi connectivity index (χ1v) is 5.52. The summed E-state index contributed by atoms with van der Waals surface area (Å²) in [4.78, 5) is 21.1. The maximum atomic E-state index is 10.5. The predicted octanol–water partition coefficient (Wildman–Crippen LogP) is -1.34. The molecule has 0 aromatic carbocycles. The number of carbonyl (C=O) groups is 1. The summed E-state index contributed by atoms with van der Waals surface area (Å²) in [5, 5.41) is 12.8. The van der Waals surface area contributed by atoms with Crippen molar-refractivity contribution in [2.24, 2.45) is 0 Å². The summed E-state index contributed by atoms with van der Waals surface area (Å²) in [6.45, 7) is 1.95. The number of alkyl halides is 3. The van der Waals surface area contributed by atoms with Crippen LogP contribution in [0.2, 0.25) is 0 Å². The number of hydrogen-bond donors (Lipinski definition) is 1. The standard InChI is InChI=1S/C8H10N6.C2HF3O2/c1-6(9)7-12-5-13-14(7)8-10-3-2-4-11-8;3-2(4,5)1(6)7/h2-6H,9H2,1H3;(H,6,7)/t6-;/m0./s1. The Kier molecular flexibility index (Phi) is 5.30. The third-order valence-corrected chi connectivity index (χ3v) is 1.99. The van der Waals surface area contributed by atoms with E-state index in [1.165, 1.54) is 6.33 Å². The third-order valence-electron chi connectivity index (χ3n) is 1.99. The molecule has 2 rings (SSSR count). The van der Waals surface area contributed by atoms with E-state index < -0.39 is 12.1 Å². The van der Waals surface area contributed by atoms with Crippen LogP contribution in [0.25, 0.3) is 5.95 Å². The van der Waals surface area contributed by atoms with E-state index in [1.807, 2.05) is 6.92 Å². The van der Waals surface area contributed by atoms with Crippen molar-refractivity contribution in [3.63, 3.8) is 0 Å². The normalized spacial score (nSPS) is 12.2. The molecule has 0 fully saturated rings. The molecule has 0 aliphatic heterocycles. The number of carboxylic acids is 1. The zero-order chi connectivity index (χ0) is 16.0. The van der Waals surface area contributed by atoms with Crippen LogP contribution in [0.3, 0.4) is 0 Å². The Balaban J connectivity index is 0.000000270. The van der Waals surface area contributed by atoms with Crippen LogP contribution < -0.4 is 10.8 Å². The van der Waals surface area contributed by atoms with Gasteiger partial charge >= 0.3 is 6.18 Å². The number of aromatic nitrogens is 5. The minimum Gasteiger partial charge on any atom is -0.542 e. The minimum absolute atomic E-state index is 0.0568. The average Bonchev–Trinajstić information content (AvgIpc) is 2.88. The van der Waals surface area contributed by atoms with Gasteiger partial charge in [-0.1, -0.05) is 0 Å². The zero-order valence-electron chi connectivity index (χ0n) is 10.8. The second kappa shape index (κ2) is 6.74. The van der Waals surface area contributed by atoms with E-state index in [0.717, 1.165) is 5.82 Å². The molecule has 0 amide bonds. The second-order valence-electron chi connectivity index (χ2n) is 3.77. The molecule has 0 spiro atoms. The lowest BCUT2D eigenvalue weighted by Gasteiger charge is -2.03. The molecular formula is C10H11F3N6O2. The maximum Gasteiger partial charge on any atom is 0.430 e. The first-order valence-electron chi connectivity index (χ1n) is 5.52. The molecule has 0 aliphatic rings. The number of aliphatic carboxylic acids is 1. The summed E-state index contributed by atoms with van der Waals surface area (Å²) < 4.78 is 33.1. The van der Waals surface area contributed by atoms with Gasteiger partial charge in [-0.2, -0.15) is 23.0 Å². The molecule has 1 atom stereocenters. The van der Waals surface area contributed by atoms with Crippen LogP contribution in [0.5, 0.6) is 0 Å². The van der Waals surface area contributed by atoms with E-state index in [4.69, 9.17) is 9.90 Å². The highest BCUT2D eigenvalue weighted by molar-refractivity contribution is 5.70. The first-order chi connectivity index (χ1) is 9.73. The Morgan fingerprint density at radius 2 is 1.86 bits per heavy atom. The predicted molar refractivity (Wildman–Crippen MR) is 59.3 cm³/mol. The van der Waals surface area contributed by atoms with Crippen molar-refractivity contribution in [1.82, 2.24) is 24.7 Å². The summed E-state index contributed by atoms with van der Waals surface area (Å²) >= 11 is 0. The van der Waals surface area contributed by atoms with Crippen molar-refractivity contribution in [3.8, 4) is 5.95 Å². The average molecular weight is 304 g/mol. The highest BCUT2D eigenvalue weighted by Crippen LogP contribution is 2.11. The Morgan fingerprint density at radius 1 is 1.33 bits per heavy atom. The molecule has 2 heterocycles. The Morgan fingerprint density at radius 3 is 2.29 bits per heavy atom. The lowest BCUT2D eigenvalue weighted by atomic mass is 10.3. The molecule has 0 saturated heterocycles. The van der Waals surface area contributed by atoms with Gasteiger partial charge in [-0.25, -0.2) is 15.0 Å². The summed E-state index contributed by atoms with van der Waals surface area (Å²) in [5.41, 5.74) is 3.89. The third kappa shape index (κ3) is 4.80. The number of hydrogen-bond acceptors (Lipinski definition) is 6. The number of halogens is 3. The van der Waals surface area contributed by atoms with Crippen LogP contribution >= 0.6 is 0 Å². The van der Waals surface area contributed by atoms with E-state index in [9.17, 15) is 13.2 Å². The molecule has 8 nitrogen and oxygen atoms in total. The molecule has 114 valence electrons. The monoisotopic (exact) mass is 304 g/mol. The Bertz CT molecular complexity index is 584. The second-order valence-corrected chi connectivity index (χ2v) is 3.77. The fraction of sp³-hybridized carbons (Fsp3) is 0.300. The molecule has 3 N–H and O–H groups in total. The van der Waals surface area contributed by atoms with E-state index >= 15 is 0 Å². The molecule has 2 aromatic rings. The largest absolute Gasteiger partial charge is 0.542 e. The molecule has 0 bridgehead atoms. The lowest BCUT2D eigenvalue weighted by molar-refractivity contribution is -0.422. The van der Waals surface area contributed by atoms with E-state index in [0.29, 0.717) is 5.95 Å². The zero-order valence-corrected chi connectivity index (χ0v) is 10.8. The van der Waals surface area contributed by atoms with Gasteiger partial charge in [0.1, 0.15) is 18.3 Å². The molecule has 2 aromatic heterocycles. The maximum absolute atomic E-state index is 10.5. The number of rotatable bonds is 2. The summed E-state index contributed by atoms with van der Waals surface area (Å²) in [6.07, 6.45) is -0.379. The van der Waals surface area contributed by atoms with Gasteiger partial charge < -0.3 is 15.6 Å². The van der Waals surface area contributed by atoms with E-state index in [-0.39, 0.29) is 6.04 Å². The van der Waals surface area contributed by atoms with Crippen molar-refractivity contribution in [3.05, 3.63) is 30.6 Å². The van der Waals surface area contributed by atoms with Crippen LogP contribution in [-0.2, 0) is 4.79 Å². The molecule has 21 heavy (non-hydrogen) atoms. The number of carbonyl (C=O) groups excluding carboxylic acids is 1. The molecule has 0 aliphatic carbocycles. The molecule has 11 heteroatoms. The van der Waals surface area contributed by atoms with Gasteiger partial charge in [0.2, 0.25) is 0 Å². The molecule has 0 saturated carbocycles. The van der Waals surface area contributed by atoms with Crippen LogP contribution in [0.4, 0.5) is 13.2 Å². The van der Waals surface area contributed by atoms with Gasteiger partial charge in [-0.3, -0.25) is 0 Å². The van der Waals surface area contributed by atoms with Gasteiger partial charge in [0.15, 0.2) is 5.82 Å². The van der Waals surface area contributed by atoms with Crippen molar-refractivity contribution < 1.29 is 28.8 Å². The Hall–Kier alpha value is -2.56. The fourth-order valence-electron chi connectivity index (χ4n) is 1.14. The van der Waals surface area contributed by atoms with Crippen molar-refractivity contribution in [1.29, 1.82) is 0 Å². The quantitative estimate of drug-likeness (QED) is 0.732. The smallest absolute Gasteiger partial charge is 0.430 e. The number of quaternary nitrogens is 1. The van der Waals surface area contributed by atoms with Crippen LogP contribution in [0.1, 0.15) is 18.8 Å². The molecular weight excluding hydrogens is 293 g/mol. The van der Waals surface area contributed by atoms with Gasteiger partial charge in [-0.05, 0) is 13.0 Å². The minimum atomic E-state index is -5.19. The lowest BCUT2D eigenvalue weighted by Crippen LogP contribution is -2.52. The van der Waals surface area contributed by atoms with Gasteiger partial charge in [0.25, 0.3) is 5.95 Å². The highest BCUT2D eigenvalue weighted by Gasteiger charge is 2.28. The molecule has 0 unspecified atom stereocenters. The van der Waals surface area contributed by atoms with Crippen LogP contribution in [0.15, 0.2) is 24.8 Å². The fourth-order valence-corrected chi connectivity index (χ4v) is 1.14. The van der Waals surface area contributed by atoms with Crippen molar-refractivity contribution in [2.75, 3.05) is 0 Å². The van der Waals surface area contributed by atoms with Gasteiger partial charge in [0, 0.05) is 12.4 Å². The SMILES string of the molecule is C[C@H]([NH3+])c1ncnn1-c1ncccn1.O=C([O-])C(F)(F)F. The summed E-state index contributed by atoms with van der Waals surface area (Å²) in [5.74, 6) is -1.72. The number of nitrogens with zero attached hydrogens (tertiary/aromatic N) is 5. The van der Waals surface area contributed by atoms with Crippen LogP contribution in [0, 0.1) is 0 Å². The number of carboxylic acid groups (broad SMARTS) is 1. The van der Waals surface area contributed by atoms with E-state index in [2.05, 4.69) is 25.8 Å². The van der Waals surface area contributed by atoms with Gasteiger partial charge in [0.05, 0.1) is 0 Å². The van der Waals surface area contributed by atoms with Crippen molar-refractivity contribution in [2.45, 2.75) is 19.1 Å². The summed E-state index contributed by atoms with van der Waals surface area (Å²) in [7, 11) is 0. The van der Waals surface area contributed by atoms with Crippen LogP contribution in [-0.4, -0.2) is 36.9 Å². The first kappa shape index (κ1) is 16.5.